The molecule has 3 aliphatic rings. The maximum atomic E-state index is 12.6. The van der Waals surface area contributed by atoms with Crippen LogP contribution in [0.3, 0.4) is 0 Å². The Morgan fingerprint density at radius 3 is 2.44 bits per heavy atom. The Balaban J connectivity index is 1.60. The highest BCUT2D eigenvalue weighted by atomic mass is 16.2. The summed E-state index contributed by atoms with van der Waals surface area (Å²) in [6.45, 7) is 3.73. The molecule has 0 aromatic carbocycles. The molecular formula is C19H30N4O2. The topological polar surface area (TPSA) is 76.4 Å². The summed E-state index contributed by atoms with van der Waals surface area (Å²) in [4.78, 5) is 28.7. The van der Waals surface area contributed by atoms with Gasteiger partial charge in [-0.15, -0.1) is 0 Å². The summed E-state index contributed by atoms with van der Waals surface area (Å²) in [6, 6.07) is 2.88. The molecule has 2 atom stereocenters. The molecule has 138 valence electrons. The van der Waals surface area contributed by atoms with Gasteiger partial charge in [-0.3, -0.25) is 14.5 Å². The number of nitriles is 1. The van der Waals surface area contributed by atoms with Crippen LogP contribution < -0.4 is 5.32 Å². The number of hydrogen-bond donors (Lipinski definition) is 1. The SMILES string of the molecule is CC(=O)N1CCCC1C1CCCN1CC(=O)NC1(C#N)CCCCC1. The van der Waals surface area contributed by atoms with Crippen LogP contribution in [0.1, 0.15) is 64.7 Å². The van der Waals surface area contributed by atoms with Crippen molar-refractivity contribution in [1.82, 2.24) is 15.1 Å². The van der Waals surface area contributed by atoms with Crippen molar-refractivity contribution >= 4 is 11.8 Å². The first-order valence-corrected chi connectivity index (χ1v) is 9.78. The van der Waals surface area contributed by atoms with Crippen LogP contribution in [-0.2, 0) is 9.59 Å². The molecule has 2 heterocycles. The highest BCUT2D eigenvalue weighted by molar-refractivity contribution is 5.79. The van der Waals surface area contributed by atoms with Crippen LogP contribution in [0.5, 0.6) is 0 Å². The molecule has 25 heavy (non-hydrogen) atoms. The number of hydrogen-bond acceptors (Lipinski definition) is 4. The zero-order valence-electron chi connectivity index (χ0n) is 15.3. The second-order valence-corrected chi connectivity index (χ2v) is 7.90. The molecule has 6 nitrogen and oxygen atoms in total. The van der Waals surface area contributed by atoms with E-state index in [0.29, 0.717) is 6.54 Å². The largest absolute Gasteiger partial charge is 0.338 e. The van der Waals surface area contributed by atoms with Crippen molar-refractivity contribution in [2.45, 2.75) is 82.3 Å². The van der Waals surface area contributed by atoms with Gasteiger partial charge in [-0.2, -0.15) is 5.26 Å². The summed E-state index contributed by atoms with van der Waals surface area (Å²) in [5.74, 6) is 0.104. The molecule has 2 unspecified atom stereocenters. The Hall–Kier alpha value is -1.61. The van der Waals surface area contributed by atoms with Crippen LogP contribution >= 0.6 is 0 Å². The average molecular weight is 346 g/mol. The third-order valence-electron chi connectivity index (χ3n) is 6.21. The molecule has 0 spiro atoms. The molecule has 0 aromatic heterocycles. The van der Waals surface area contributed by atoms with Crippen LogP contribution in [0.2, 0.25) is 0 Å². The second kappa shape index (κ2) is 7.74. The number of likely N-dealkylation sites (tertiary alicyclic amines) is 2. The molecule has 3 fully saturated rings. The van der Waals surface area contributed by atoms with E-state index in [1.807, 2.05) is 4.90 Å². The van der Waals surface area contributed by atoms with Crippen LogP contribution in [0.25, 0.3) is 0 Å². The maximum Gasteiger partial charge on any atom is 0.235 e. The Morgan fingerprint density at radius 2 is 1.76 bits per heavy atom. The fourth-order valence-electron chi connectivity index (χ4n) is 4.98. The van der Waals surface area contributed by atoms with Gasteiger partial charge in [0.25, 0.3) is 0 Å². The van der Waals surface area contributed by atoms with E-state index in [9.17, 15) is 14.9 Å². The van der Waals surface area contributed by atoms with Gasteiger partial charge in [0.1, 0.15) is 5.54 Å². The molecule has 1 saturated carbocycles. The van der Waals surface area contributed by atoms with Crippen molar-refractivity contribution in [3.8, 4) is 6.07 Å². The fourth-order valence-corrected chi connectivity index (χ4v) is 4.98. The van der Waals surface area contributed by atoms with Gasteiger partial charge in [0.15, 0.2) is 0 Å². The second-order valence-electron chi connectivity index (χ2n) is 7.90. The smallest absolute Gasteiger partial charge is 0.235 e. The normalized spacial score (nSPS) is 29.4. The van der Waals surface area contributed by atoms with Crippen molar-refractivity contribution < 1.29 is 9.59 Å². The van der Waals surface area contributed by atoms with E-state index in [0.717, 1.165) is 70.9 Å². The van der Waals surface area contributed by atoms with Crippen molar-refractivity contribution in [3.05, 3.63) is 0 Å². The number of nitrogens with zero attached hydrogens (tertiary/aromatic N) is 3. The van der Waals surface area contributed by atoms with E-state index in [4.69, 9.17) is 0 Å². The standard InChI is InChI=1S/C19H30N4O2/c1-15(24)23-12-6-8-17(23)16-7-5-11-22(16)13-18(25)21-19(14-20)9-3-2-4-10-19/h16-17H,2-13H2,1H3,(H,21,25). The summed E-state index contributed by atoms with van der Waals surface area (Å²) >= 11 is 0. The highest BCUT2D eigenvalue weighted by Crippen LogP contribution is 2.31. The first-order valence-electron chi connectivity index (χ1n) is 9.78. The van der Waals surface area contributed by atoms with E-state index in [2.05, 4.69) is 16.3 Å². The van der Waals surface area contributed by atoms with Crippen LogP contribution in [0, 0.1) is 11.3 Å². The predicted octanol–water partition coefficient (Wildman–Crippen LogP) is 1.80. The Morgan fingerprint density at radius 1 is 1.08 bits per heavy atom. The van der Waals surface area contributed by atoms with E-state index in [1.54, 1.807) is 6.92 Å². The first kappa shape index (κ1) is 18.2. The van der Waals surface area contributed by atoms with Crippen LogP contribution in [0.4, 0.5) is 0 Å². The van der Waals surface area contributed by atoms with Crippen molar-refractivity contribution in [3.63, 3.8) is 0 Å². The van der Waals surface area contributed by atoms with Gasteiger partial charge >= 0.3 is 0 Å². The maximum absolute atomic E-state index is 12.6. The molecule has 0 bridgehead atoms. The van der Waals surface area contributed by atoms with Gasteiger partial charge < -0.3 is 10.2 Å². The van der Waals surface area contributed by atoms with E-state index in [-0.39, 0.29) is 23.9 Å². The summed E-state index contributed by atoms with van der Waals surface area (Å²) in [5.41, 5.74) is -0.663. The van der Waals surface area contributed by atoms with Crippen molar-refractivity contribution in [2.75, 3.05) is 19.6 Å². The Kier molecular flexibility index (Phi) is 5.63. The lowest BCUT2D eigenvalue weighted by Crippen LogP contribution is -2.54. The van der Waals surface area contributed by atoms with Gasteiger partial charge in [0.2, 0.25) is 11.8 Å². The first-order chi connectivity index (χ1) is 12.0. The Bertz CT molecular complexity index is 550. The molecule has 2 amide bonds. The third kappa shape index (κ3) is 3.98. The van der Waals surface area contributed by atoms with Gasteiger partial charge in [-0.05, 0) is 45.1 Å². The zero-order valence-corrected chi connectivity index (χ0v) is 15.3. The van der Waals surface area contributed by atoms with Gasteiger partial charge in [0, 0.05) is 25.6 Å². The lowest BCUT2D eigenvalue weighted by Gasteiger charge is -2.36. The molecule has 2 aliphatic heterocycles. The third-order valence-corrected chi connectivity index (χ3v) is 6.21. The van der Waals surface area contributed by atoms with Crippen molar-refractivity contribution in [1.29, 1.82) is 5.26 Å². The summed E-state index contributed by atoms with van der Waals surface area (Å²) in [5, 5.41) is 12.6. The molecule has 1 N–H and O–H groups in total. The summed E-state index contributed by atoms with van der Waals surface area (Å²) < 4.78 is 0. The quantitative estimate of drug-likeness (QED) is 0.842. The van der Waals surface area contributed by atoms with Crippen molar-refractivity contribution in [2.24, 2.45) is 0 Å². The minimum Gasteiger partial charge on any atom is -0.338 e. The average Bonchev–Trinajstić information content (AvgIpc) is 3.24. The summed E-state index contributed by atoms with van der Waals surface area (Å²) in [7, 11) is 0. The van der Waals surface area contributed by atoms with Gasteiger partial charge in [-0.25, -0.2) is 0 Å². The predicted molar refractivity (Wildman–Crippen MR) is 94.6 cm³/mol. The minimum atomic E-state index is -0.663. The molecule has 3 rings (SSSR count). The molecular weight excluding hydrogens is 316 g/mol. The van der Waals surface area contributed by atoms with Crippen LogP contribution in [0.15, 0.2) is 0 Å². The van der Waals surface area contributed by atoms with Crippen LogP contribution in [-0.4, -0.2) is 58.9 Å². The molecule has 1 aliphatic carbocycles. The molecule has 2 saturated heterocycles. The van der Waals surface area contributed by atoms with E-state index in [1.165, 1.54) is 0 Å². The fraction of sp³-hybridized carbons (Fsp3) is 0.842. The number of carbonyl (C=O) groups is 2. The lowest BCUT2D eigenvalue weighted by molar-refractivity contribution is -0.130. The monoisotopic (exact) mass is 346 g/mol. The number of nitrogens with one attached hydrogen (secondary N) is 1. The lowest BCUT2D eigenvalue weighted by atomic mass is 9.83. The molecule has 0 radical (unpaired) electrons. The highest BCUT2D eigenvalue weighted by Gasteiger charge is 2.40. The Labute approximate surface area is 150 Å². The van der Waals surface area contributed by atoms with E-state index >= 15 is 0 Å². The van der Waals surface area contributed by atoms with Gasteiger partial charge in [-0.1, -0.05) is 19.3 Å². The molecule has 6 heteroatoms. The minimum absolute atomic E-state index is 0.0391. The van der Waals surface area contributed by atoms with Gasteiger partial charge in [0.05, 0.1) is 12.6 Å². The zero-order chi connectivity index (χ0) is 17.9. The number of rotatable bonds is 4. The molecule has 0 aromatic rings. The number of carbonyl (C=O) groups excluding carboxylic acids is 2. The summed E-state index contributed by atoms with van der Waals surface area (Å²) in [6.07, 6.45) is 8.90. The van der Waals surface area contributed by atoms with E-state index < -0.39 is 5.54 Å². The number of amides is 2.